The third-order valence-corrected chi connectivity index (χ3v) is 6.01. The van der Waals surface area contributed by atoms with Gasteiger partial charge in [0.15, 0.2) is 0 Å². The molecule has 0 unspecified atom stereocenters. The van der Waals surface area contributed by atoms with Crippen LogP contribution >= 0.6 is 22.6 Å². The molecule has 0 atom stereocenters. The van der Waals surface area contributed by atoms with Crippen LogP contribution in [0, 0.1) is 3.57 Å². The van der Waals surface area contributed by atoms with Crippen molar-refractivity contribution in [3.8, 4) is 11.5 Å². The fourth-order valence-corrected chi connectivity index (χ4v) is 4.42. The lowest BCUT2D eigenvalue weighted by atomic mass is 10.2. The number of ether oxygens (including phenoxy) is 2. The molecular weight excluding hydrogens is 477 g/mol. The zero-order chi connectivity index (χ0) is 19.3. The van der Waals surface area contributed by atoms with Gasteiger partial charge in [0, 0.05) is 5.69 Å². The van der Waals surface area contributed by atoms with E-state index < -0.39 is 10.0 Å². The predicted octanol–water partition coefficient (Wildman–Crippen LogP) is 4.68. The molecule has 0 aliphatic heterocycles. The van der Waals surface area contributed by atoms with Gasteiger partial charge in [-0.25, -0.2) is 8.42 Å². The molecule has 7 heteroatoms. The topological polar surface area (TPSA) is 64.6 Å². The normalized spacial score (nSPS) is 11.0. The van der Waals surface area contributed by atoms with Gasteiger partial charge in [0.05, 0.1) is 15.6 Å². The second kappa shape index (κ2) is 8.62. The Morgan fingerprint density at radius 2 is 1.67 bits per heavy atom. The molecule has 0 saturated heterocycles. The van der Waals surface area contributed by atoms with Gasteiger partial charge in [0.2, 0.25) is 0 Å². The molecule has 0 heterocycles. The molecule has 0 radical (unpaired) electrons. The van der Waals surface area contributed by atoms with Crippen LogP contribution in [0.25, 0.3) is 0 Å². The predicted molar refractivity (Wildman–Crippen MR) is 114 cm³/mol. The first-order valence-corrected chi connectivity index (χ1v) is 10.7. The number of hydrogen-bond acceptors (Lipinski definition) is 4. The lowest BCUT2D eigenvalue weighted by molar-refractivity contribution is 0.306. The van der Waals surface area contributed by atoms with Crippen LogP contribution in [-0.4, -0.2) is 15.5 Å². The summed E-state index contributed by atoms with van der Waals surface area (Å²) in [5, 5.41) is 0. The Balaban J connectivity index is 1.67. The van der Waals surface area contributed by atoms with E-state index in [1.807, 2.05) is 52.9 Å². The van der Waals surface area contributed by atoms with Crippen LogP contribution in [-0.2, 0) is 16.6 Å². The molecule has 140 valence electrons. The lowest BCUT2D eigenvalue weighted by Crippen LogP contribution is -2.13. The molecule has 27 heavy (non-hydrogen) atoms. The summed E-state index contributed by atoms with van der Waals surface area (Å²) in [6.07, 6.45) is 0. The number of anilines is 1. The minimum absolute atomic E-state index is 0.178. The largest absolute Gasteiger partial charge is 0.496 e. The molecule has 0 amide bonds. The number of sulfonamides is 1. The van der Waals surface area contributed by atoms with Gasteiger partial charge in [0.25, 0.3) is 10.0 Å². The van der Waals surface area contributed by atoms with E-state index in [0.29, 0.717) is 23.8 Å². The van der Waals surface area contributed by atoms with Crippen molar-refractivity contribution in [1.29, 1.82) is 0 Å². The highest BCUT2D eigenvalue weighted by atomic mass is 127. The number of rotatable bonds is 7. The molecule has 0 aliphatic carbocycles. The fraction of sp³-hybridized carbons (Fsp3) is 0.100. The highest BCUT2D eigenvalue weighted by Crippen LogP contribution is 2.26. The Kier molecular flexibility index (Phi) is 6.22. The van der Waals surface area contributed by atoms with E-state index in [2.05, 4.69) is 4.72 Å². The first-order valence-electron chi connectivity index (χ1n) is 8.11. The zero-order valence-corrected chi connectivity index (χ0v) is 17.5. The third kappa shape index (κ3) is 5.14. The van der Waals surface area contributed by atoms with Gasteiger partial charge in [-0.3, -0.25) is 4.72 Å². The van der Waals surface area contributed by atoms with Gasteiger partial charge in [-0.15, -0.1) is 0 Å². The van der Waals surface area contributed by atoms with E-state index in [9.17, 15) is 8.42 Å². The molecule has 0 saturated carbocycles. The molecule has 0 fully saturated rings. The van der Waals surface area contributed by atoms with Gasteiger partial charge in [-0.1, -0.05) is 30.3 Å². The van der Waals surface area contributed by atoms with Gasteiger partial charge in [0.1, 0.15) is 18.1 Å². The maximum atomic E-state index is 12.6. The number of halogens is 1. The molecule has 3 aromatic carbocycles. The highest BCUT2D eigenvalue weighted by Gasteiger charge is 2.16. The number of hydrogen-bond donors (Lipinski definition) is 1. The minimum atomic E-state index is -3.68. The van der Waals surface area contributed by atoms with Crippen LogP contribution in [0.3, 0.4) is 0 Å². The van der Waals surface area contributed by atoms with Gasteiger partial charge in [-0.2, -0.15) is 0 Å². The summed E-state index contributed by atoms with van der Waals surface area (Å²) < 4.78 is 39.3. The van der Waals surface area contributed by atoms with Gasteiger partial charge < -0.3 is 9.47 Å². The first-order chi connectivity index (χ1) is 13.0. The Morgan fingerprint density at radius 1 is 0.963 bits per heavy atom. The van der Waals surface area contributed by atoms with Crippen molar-refractivity contribution in [3.05, 3.63) is 81.9 Å². The van der Waals surface area contributed by atoms with Crippen molar-refractivity contribution in [1.82, 2.24) is 0 Å². The highest BCUT2D eigenvalue weighted by molar-refractivity contribution is 14.1. The van der Waals surface area contributed by atoms with Crippen molar-refractivity contribution < 1.29 is 17.9 Å². The molecule has 3 rings (SSSR count). The average molecular weight is 495 g/mol. The molecule has 0 aliphatic rings. The van der Waals surface area contributed by atoms with E-state index in [1.165, 1.54) is 6.07 Å². The van der Waals surface area contributed by atoms with Crippen molar-refractivity contribution in [2.45, 2.75) is 11.5 Å². The maximum absolute atomic E-state index is 12.6. The van der Waals surface area contributed by atoms with Crippen LogP contribution in [0.5, 0.6) is 11.5 Å². The molecule has 0 spiro atoms. The minimum Gasteiger partial charge on any atom is -0.496 e. The Labute approximate surface area is 172 Å². The van der Waals surface area contributed by atoms with Crippen molar-refractivity contribution in [3.63, 3.8) is 0 Å². The fourth-order valence-electron chi connectivity index (χ4n) is 2.39. The summed E-state index contributed by atoms with van der Waals surface area (Å²) in [5.41, 5.74) is 1.53. The van der Waals surface area contributed by atoms with Crippen molar-refractivity contribution >= 4 is 38.3 Å². The molecule has 0 bridgehead atoms. The summed E-state index contributed by atoms with van der Waals surface area (Å²) in [6, 6.07) is 21.4. The average Bonchev–Trinajstić information content (AvgIpc) is 2.68. The zero-order valence-electron chi connectivity index (χ0n) is 14.6. The van der Waals surface area contributed by atoms with Gasteiger partial charge >= 0.3 is 0 Å². The Morgan fingerprint density at radius 3 is 2.30 bits per heavy atom. The summed E-state index contributed by atoms with van der Waals surface area (Å²) in [5.74, 6) is 1.30. The summed E-state index contributed by atoms with van der Waals surface area (Å²) in [7, 11) is -2.13. The van der Waals surface area contributed by atoms with E-state index >= 15 is 0 Å². The van der Waals surface area contributed by atoms with Crippen LogP contribution in [0.1, 0.15) is 5.56 Å². The van der Waals surface area contributed by atoms with Crippen LogP contribution in [0.2, 0.25) is 0 Å². The third-order valence-electron chi connectivity index (χ3n) is 3.79. The molecular formula is C20H18INO4S. The van der Waals surface area contributed by atoms with Gasteiger partial charge in [-0.05, 0) is 70.6 Å². The smallest absolute Gasteiger partial charge is 0.261 e. The van der Waals surface area contributed by atoms with Crippen LogP contribution in [0.15, 0.2) is 77.7 Å². The molecule has 3 aromatic rings. The lowest BCUT2D eigenvalue weighted by Gasteiger charge is -2.11. The second-order valence-corrected chi connectivity index (χ2v) is 8.55. The number of nitrogens with one attached hydrogen (secondary N) is 1. The molecule has 0 aromatic heterocycles. The first kappa shape index (κ1) is 19.5. The standard InChI is InChI=1S/C20H18INO4S/c1-25-20-12-11-18(13-19(20)21)27(23,24)22-16-7-9-17(10-8-16)26-14-15-5-3-2-4-6-15/h2-13,22H,14H2,1H3. The van der Waals surface area contributed by atoms with Crippen molar-refractivity contribution in [2.24, 2.45) is 0 Å². The van der Waals surface area contributed by atoms with Crippen molar-refractivity contribution in [2.75, 3.05) is 11.8 Å². The van der Waals surface area contributed by atoms with E-state index in [-0.39, 0.29) is 4.90 Å². The number of benzene rings is 3. The number of methoxy groups -OCH3 is 1. The SMILES string of the molecule is COc1ccc(S(=O)(=O)Nc2ccc(OCc3ccccc3)cc2)cc1I. The van der Waals surface area contributed by atoms with E-state index in [1.54, 1.807) is 43.5 Å². The molecule has 5 nitrogen and oxygen atoms in total. The Hall–Kier alpha value is -2.26. The summed E-state index contributed by atoms with van der Waals surface area (Å²) in [6.45, 7) is 0.455. The molecule has 1 N–H and O–H groups in total. The Bertz CT molecular complexity index is 1010. The van der Waals surface area contributed by atoms with E-state index in [4.69, 9.17) is 9.47 Å². The monoisotopic (exact) mass is 495 g/mol. The second-order valence-electron chi connectivity index (χ2n) is 5.70. The summed E-state index contributed by atoms with van der Waals surface area (Å²) >= 11 is 2.04. The maximum Gasteiger partial charge on any atom is 0.261 e. The summed E-state index contributed by atoms with van der Waals surface area (Å²) in [4.78, 5) is 0.178. The van der Waals surface area contributed by atoms with E-state index in [0.717, 1.165) is 9.13 Å². The van der Waals surface area contributed by atoms with Crippen LogP contribution in [0.4, 0.5) is 5.69 Å². The van der Waals surface area contributed by atoms with Crippen LogP contribution < -0.4 is 14.2 Å². The quantitative estimate of drug-likeness (QED) is 0.484.